The van der Waals surface area contributed by atoms with E-state index in [9.17, 15) is 4.79 Å². The van der Waals surface area contributed by atoms with Gasteiger partial charge in [-0.15, -0.1) is 0 Å². The second-order valence-corrected chi connectivity index (χ2v) is 14.6. The smallest absolute Gasteiger partial charge is 0.186 e. The monoisotopic (exact) mass is 874 g/mol. The quantitative estimate of drug-likeness (QED) is 0.120. The summed E-state index contributed by atoms with van der Waals surface area (Å²) in [6, 6.07) is 46.7. The fourth-order valence-corrected chi connectivity index (χ4v) is 6.66. The molecule has 0 aromatic heterocycles. The molecule has 6 aromatic rings. The van der Waals surface area contributed by atoms with Crippen molar-refractivity contribution in [3.05, 3.63) is 180 Å². The highest BCUT2D eigenvalue weighted by atomic mass is 79.9. The number of hydrogen-bond acceptors (Lipinski definition) is 1. The summed E-state index contributed by atoms with van der Waals surface area (Å²) in [5.41, 5.74) is 9.61. The molecule has 46 heavy (non-hydrogen) atoms. The van der Waals surface area contributed by atoms with Crippen LogP contribution in [0.4, 0.5) is 0 Å². The van der Waals surface area contributed by atoms with Crippen molar-refractivity contribution < 1.29 is 4.79 Å². The first-order valence-corrected chi connectivity index (χ1v) is 17.9. The first kappa shape index (κ1) is 34.3. The first-order valence-electron chi connectivity index (χ1n) is 14.3. The summed E-state index contributed by atoms with van der Waals surface area (Å²) in [5.74, 6) is 0.0128. The molecular formula is C40H27Br4ClO. The molecule has 0 saturated heterocycles. The van der Waals surface area contributed by atoms with Crippen LogP contribution in [0, 0.1) is 0 Å². The zero-order valence-corrected chi connectivity index (χ0v) is 31.8. The number of rotatable bonds is 6. The van der Waals surface area contributed by atoms with E-state index in [1.54, 1.807) is 6.08 Å². The Labute approximate surface area is 308 Å². The Morgan fingerprint density at radius 2 is 0.870 bits per heavy atom. The molecule has 0 amide bonds. The molecule has 0 saturated carbocycles. The molecular weight excluding hydrogens is 852 g/mol. The molecule has 6 heteroatoms. The number of allylic oxidation sites excluding steroid dienone is 2. The van der Waals surface area contributed by atoms with Gasteiger partial charge in [-0.25, -0.2) is 0 Å². The summed E-state index contributed by atoms with van der Waals surface area (Å²) in [6.07, 6.45) is 1.67. The van der Waals surface area contributed by atoms with Crippen LogP contribution in [0.3, 0.4) is 0 Å². The average Bonchev–Trinajstić information content (AvgIpc) is 3.05. The van der Waals surface area contributed by atoms with Crippen molar-refractivity contribution in [3.8, 4) is 33.4 Å². The number of ketones is 1. The lowest BCUT2D eigenvalue weighted by Gasteiger charge is -2.12. The van der Waals surface area contributed by atoms with E-state index < -0.39 is 0 Å². The Morgan fingerprint density at radius 3 is 1.33 bits per heavy atom. The van der Waals surface area contributed by atoms with Gasteiger partial charge in [0.05, 0.1) is 0 Å². The molecule has 0 aliphatic rings. The molecule has 228 valence electrons. The zero-order valence-electron chi connectivity index (χ0n) is 24.7. The largest absolute Gasteiger partial charge is 0.289 e. The fourth-order valence-electron chi connectivity index (χ4n) is 4.87. The summed E-state index contributed by atoms with van der Waals surface area (Å²) in [4.78, 5) is 12.2. The van der Waals surface area contributed by atoms with Crippen LogP contribution in [0.25, 0.3) is 39.0 Å². The number of benzene rings is 6. The van der Waals surface area contributed by atoms with Gasteiger partial charge in [0, 0.05) is 28.5 Å². The van der Waals surface area contributed by atoms with Gasteiger partial charge in [-0.3, -0.25) is 4.79 Å². The minimum Gasteiger partial charge on any atom is -0.289 e. The van der Waals surface area contributed by atoms with Gasteiger partial charge in [-0.05, 0) is 136 Å². The molecule has 1 nitrogen and oxygen atoms in total. The van der Waals surface area contributed by atoms with E-state index in [2.05, 4.69) is 124 Å². The van der Waals surface area contributed by atoms with E-state index in [-0.39, 0.29) is 5.78 Å². The second-order valence-electron chi connectivity index (χ2n) is 10.5. The fraction of sp³-hybridized carbons (Fsp3) is 0.0250. The van der Waals surface area contributed by atoms with E-state index in [1.165, 1.54) is 22.3 Å². The van der Waals surface area contributed by atoms with Gasteiger partial charge in [-0.1, -0.05) is 136 Å². The number of halogens is 5. The Morgan fingerprint density at radius 1 is 0.478 bits per heavy atom. The third kappa shape index (κ3) is 9.49. The van der Waals surface area contributed by atoms with Crippen molar-refractivity contribution in [2.24, 2.45) is 0 Å². The lowest BCUT2D eigenvalue weighted by molar-refractivity contribution is 0.104. The maximum atomic E-state index is 12.2. The normalized spacial score (nSPS) is 11.0. The molecule has 0 heterocycles. The predicted molar refractivity (Wildman–Crippen MR) is 209 cm³/mol. The topological polar surface area (TPSA) is 17.1 Å². The SMILES string of the molecule is C/C(=C\C(=O)c1cccc(Br)c1)c1cccc(Br)c1.Clc1cccc(-c2cc(-c3cccc(Br)c3)cc(-c3cccc(Br)c3)c2)c1. The van der Waals surface area contributed by atoms with E-state index in [0.29, 0.717) is 5.56 Å². The molecule has 0 fully saturated rings. The van der Waals surface area contributed by atoms with Gasteiger partial charge >= 0.3 is 0 Å². The molecule has 6 rings (SSSR count). The lowest BCUT2D eigenvalue weighted by atomic mass is 9.93. The average molecular weight is 879 g/mol. The van der Waals surface area contributed by atoms with E-state index in [0.717, 1.165) is 45.2 Å². The summed E-state index contributed by atoms with van der Waals surface area (Å²) in [7, 11) is 0. The third-order valence-corrected chi connectivity index (χ3v) is 9.35. The number of hydrogen-bond donors (Lipinski definition) is 0. The van der Waals surface area contributed by atoms with Crippen molar-refractivity contribution in [1.82, 2.24) is 0 Å². The van der Waals surface area contributed by atoms with E-state index in [1.807, 2.05) is 85.8 Å². The maximum absolute atomic E-state index is 12.2. The molecule has 0 bridgehead atoms. The molecule has 0 unspecified atom stereocenters. The highest BCUT2D eigenvalue weighted by Crippen LogP contribution is 2.35. The van der Waals surface area contributed by atoms with Crippen LogP contribution in [0.15, 0.2) is 163 Å². The van der Waals surface area contributed by atoms with Crippen LogP contribution in [-0.2, 0) is 0 Å². The maximum Gasteiger partial charge on any atom is 0.186 e. The first-order chi connectivity index (χ1) is 22.1. The van der Waals surface area contributed by atoms with Gasteiger partial charge in [0.15, 0.2) is 5.78 Å². The summed E-state index contributed by atoms with van der Waals surface area (Å²) >= 11 is 20.2. The van der Waals surface area contributed by atoms with Crippen molar-refractivity contribution in [3.63, 3.8) is 0 Å². The highest BCUT2D eigenvalue weighted by Gasteiger charge is 2.09. The highest BCUT2D eigenvalue weighted by molar-refractivity contribution is 9.11. The van der Waals surface area contributed by atoms with E-state index >= 15 is 0 Å². The Kier molecular flexibility index (Phi) is 12.0. The molecule has 6 aromatic carbocycles. The van der Waals surface area contributed by atoms with Crippen molar-refractivity contribution >= 4 is 86.7 Å². The standard InChI is InChI=1S/C24H15Br2Cl.C16H12Br2O/c25-22-7-1-4-16(13-22)19-10-20(17-5-2-8-23(26)14-17)12-21(11-19)18-6-3-9-24(27)15-18;1-11(12-4-2-6-14(17)9-12)8-16(19)13-5-3-7-15(18)10-13/h1-15H;2-10H,1H3/b;11-8+. The molecule has 0 spiro atoms. The summed E-state index contributed by atoms with van der Waals surface area (Å²) in [6.45, 7) is 1.94. The van der Waals surface area contributed by atoms with Gasteiger partial charge in [0.25, 0.3) is 0 Å². The second kappa shape index (κ2) is 16.2. The van der Waals surface area contributed by atoms with Crippen molar-refractivity contribution in [2.45, 2.75) is 6.92 Å². The molecule has 0 aliphatic heterocycles. The Bertz CT molecular complexity index is 1900. The van der Waals surface area contributed by atoms with Gasteiger partial charge in [0.2, 0.25) is 0 Å². The Balaban J connectivity index is 0.000000193. The number of carbonyl (C=O) groups is 1. The third-order valence-electron chi connectivity index (χ3n) is 7.14. The van der Waals surface area contributed by atoms with Crippen molar-refractivity contribution in [2.75, 3.05) is 0 Å². The zero-order chi connectivity index (χ0) is 32.6. The minimum atomic E-state index is 0.0128. The summed E-state index contributed by atoms with van der Waals surface area (Å²) < 4.78 is 4.05. The van der Waals surface area contributed by atoms with Crippen LogP contribution in [0.1, 0.15) is 22.8 Å². The summed E-state index contributed by atoms with van der Waals surface area (Å²) in [5, 5.41) is 0.740. The van der Waals surface area contributed by atoms with Crippen LogP contribution < -0.4 is 0 Å². The van der Waals surface area contributed by atoms with Gasteiger partial charge in [-0.2, -0.15) is 0 Å². The van der Waals surface area contributed by atoms with Crippen molar-refractivity contribution in [1.29, 1.82) is 0 Å². The number of carbonyl (C=O) groups excluding carboxylic acids is 1. The lowest BCUT2D eigenvalue weighted by Crippen LogP contribution is -1.95. The van der Waals surface area contributed by atoms with Gasteiger partial charge in [0.1, 0.15) is 0 Å². The molecule has 0 atom stereocenters. The van der Waals surface area contributed by atoms with Gasteiger partial charge < -0.3 is 0 Å². The van der Waals surface area contributed by atoms with Crippen LogP contribution in [0.2, 0.25) is 5.02 Å². The molecule has 0 aliphatic carbocycles. The van der Waals surface area contributed by atoms with Crippen LogP contribution in [0.5, 0.6) is 0 Å². The van der Waals surface area contributed by atoms with Crippen LogP contribution in [-0.4, -0.2) is 5.78 Å². The van der Waals surface area contributed by atoms with Crippen LogP contribution >= 0.6 is 75.3 Å². The predicted octanol–water partition coefficient (Wildman–Crippen LogP) is 14.4. The molecule has 0 N–H and O–H groups in total. The Hall–Kier alpha value is -3.06. The minimum absolute atomic E-state index is 0.0128. The molecule has 0 radical (unpaired) electrons. The van der Waals surface area contributed by atoms with E-state index in [4.69, 9.17) is 11.6 Å².